The number of benzene rings is 2. The van der Waals surface area contributed by atoms with E-state index in [4.69, 9.17) is 4.74 Å². The third-order valence-corrected chi connectivity index (χ3v) is 6.13. The smallest absolute Gasteiger partial charge is 0.238 e. The summed E-state index contributed by atoms with van der Waals surface area (Å²) in [4.78, 5) is 17.5. The van der Waals surface area contributed by atoms with Crippen molar-refractivity contribution in [3.63, 3.8) is 0 Å². The Bertz CT molecular complexity index is 1010. The van der Waals surface area contributed by atoms with Crippen LogP contribution in [-0.4, -0.2) is 54.8 Å². The van der Waals surface area contributed by atoms with Crippen molar-refractivity contribution in [1.29, 1.82) is 0 Å². The molecule has 1 N–H and O–H groups in total. The molecule has 0 radical (unpaired) electrons. The van der Waals surface area contributed by atoms with E-state index in [1.54, 1.807) is 0 Å². The van der Waals surface area contributed by atoms with Gasteiger partial charge in [0.15, 0.2) is 0 Å². The predicted octanol–water partition coefficient (Wildman–Crippen LogP) is 3.37. The van der Waals surface area contributed by atoms with Gasteiger partial charge in [-0.3, -0.25) is 9.69 Å². The van der Waals surface area contributed by atoms with Gasteiger partial charge >= 0.3 is 0 Å². The maximum atomic E-state index is 12.9. The van der Waals surface area contributed by atoms with Gasteiger partial charge in [0, 0.05) is 49.4 Å². The first-order valence-electron chi connectivity index (χ1n) is 10.9. The highest BCUT2D eigenvalue weighted by atomic mass is 16.5. The zero-order chi connectivity index (χ0) is 21.0. The van der Waals surface area contributed by atoms with Crippen molar-refractivity contribution < 1.29 is 9.53 Å². The largest absolute Gasteiger partial charge is 0.378 e. The Morgan fingerprint density at radius 3 is 2.45 bits per heavy atom. The molecule has 0 bridgehead atoms. The summed E-state index contributed by atoms with van der Waals surface area (Å²) in [6.45, 7) is 5.43. The molecule has 5 rings (SSSR count). The number of amides is 1. The van der Waals surface area contributed by atoms with Crippen molar-refractivity contribution in [2.75, 3.05) is 49.6 Å². The molecule has 3 heterocycles. The van der Waals surface area contributed by atoms with Gasteiger partial charge in [-0.25, -0.2) is 0 Å². The third kappa shape index (κ3) is 4.36. The van der Waals surface area contributed by atoms with Crippen molar-refractivity contribution in [2.24, 2.45) is 0 Å². The number of rotatable bonds is 5. The first kappa shape index (κ1) is 19.8. The summed E-state index contributed by atoms with van der Waals surface area (Å²) in [5.74, 6) is 0.0139. The second kappa shape index (κ2) is 8.96. The Hall–Kier alpha value is -3.09. The molecule has 160 valence electrons. The average molecular weight is 417 g/mol. The molecule has 3 aromatic rings. The molecule has 31 heavy (non-hydrogen) atoms. The van der Waals surface area contributed by atoms with Crippen LogP contribution in [0.2, 0.25) is 0 Å². The molecule has 6 nitrogen and oxygen atoms in total. The zero-order valence-electron chi connectivity index (χ0n) is 17.6. The van der Waals surface area contributed by atoms with Gasteiger partial charge < -0.3 is 19.5 Å². The van der Waals surface area contributed by atoms with E-state index in [-0.39, 0.29) is 11.9 Å². The van der Waals surface area contributed by atoms with Gasteiger partial charge in [-0.05, 0) is 42.0 Å². The molecular formula is C25H28N4O2. The molecule has 0 aliphatic carbocycles. The molecule has 1 amide bonds. The molecule has 0 spiro atoms. The molecule has 1 aromatic heterocycles. The van der Waals surface area contributed by atoms with Crippen LogP contribution in [0.3, 0.4) is 0 Å². The predicted molar refractivity (Wildman–Crippen MR) is 122 cm³/mol. The SMILES string of the molecule is O=C(CN1CCn2cccc2C1c1ccccc1)Nc1ccc(N2CCOCC2)cc1. The van der Waals surface area contributed by atoms with E-state index in [2.05, 4.69) is 74.4 Å². The van der Waals surface area contributed by atoms with E-state index in [1.165, 1.54) is 16.9 Å². The van der Waals surface area contributed by atoms with Gasteiger partial charge in [-0.15, -0.1) is 0 Å². The lowest BCUT2D eigenvalue weighted by Crippen LogP contribution is -2.42. The first-order valence-corrected chi connectivity index (χ1v) is 10.9. The minimum Gasteiger partial charge on any atom is -0.378 e. The van der Waals surface area contributed by atoms with Crippen LogP contribution in [0.25, 0.3) is 0 Å². The topological polar surface area (TPSA) is 49.7 Å². The molecule has 2 aliphatic heterocycles. The second-order valence-corrected chi connectivity index (χ2v) is 8.10. The summed E-state index contributed by atoms with van der Waals surface area (Å²) < 4.78 is 7.71. The number of carbonyl (C=O) groups excluding carboxylic acids is 1. The van der Waals surface area contributed by atoms with E-state index in [0.717, 1.165) is 45.1 Å². The summed E-state index contributed by atoms with van der Waals surface area (Å²) in [5.41, 5.74) is 4.45. The lowest BCUT2D eigenvalue weighted by molar-refractivity contribution is -0.117. The molecule has 6 heteroatoms. The fraction of sp³-hybridized carbons (Fsp3) is 0.320. The number of hydrogen-bond acceptors (Lipinski definition) is 4. The number of morpholine rings is 1. The average Bonchev–Trinajstić information content (AvgIpc) is 3.29. The van der Waals surface area contributed by atoms with Crippen molar-refractivity contribution >= 4 is 17.3 Å². The zero-order valence-corrected chi connectivity index (χ0v) is 17.6. The molecule has 2 aromatic carbocycles. The second-order valence-electron chi connectivity index (χ2n) is 8.10. The van der Waals surface area contributed by atoms with E-state index in [1.807, 2.05) is 18.2 Å². The standard InChI is InChI=1S/C25H28N4O2/c30-24(26-21-8-10-22(11-9-21)27-15-17-31-18-16-27)19-29-14-13-28-12-4-7-23(28)25(29)20-5-2-1-3-6-20/h1-12,25H,13-19H2,(H,26,30). The van der Waals surface area contributed by atoms with Crippen LogP contribution in [0.1, 0.15) is 17.3 Å². The van der Waals surface area contributed by atoms with Crippen molar-refractivity contribution in [1.82, 2.24) is 9.47 Å². The Kier molecular flexibility index (Phi) is 5.74. The molecule has 1 atom stereocenters. The number of fused-ring (bicyclic) bond motifs is 1. The van der Waals surface area contributed by atoms with E-state index >= 15 is 0 Å². The van der Waals surface area contributed by atoms with Gasteiger partial charge in [-0.1, -0.05) is 30.3 Å². The minimum absolute atomic E-state index is 0.0139. The summed E-state index contributed by atoms with van der Waals surface area (Å²) in [7, 11) is 0. The normalized spacial score (nSPS) is 19.1. The van der Waals surface area contributed by atoms with Crippen LogP contribution in [0.15, 0.2) is 72.9 Å². The Morgan fingerprint density at radius 1 is 0.903 bits per heavy atom. The molecule has 1 unspecified atom stereocenters. The van der Waals surface area contributed by atoms with Crippen molar-refractivity contribution in [2.45, 2.75) is 12.6 Å². The van der Waals surface area contributed by atoms with Crippen LogP contribution < -0.4 is 10.2 Å². The Morgan fingerprint density at radius 2 is 1.68 bits per heavy atom. The number of nitrogens with zero attached hydrogens (tertiary/aromatic N) is 3. The van der Waals surface area contributed by atoms with Gasteiger partial charge in [0.2, 0.25) is 5.91 Å². The fourth-order valence-corrected chi connectivity index (χ4v) is 4.58. The summed E-state index contributed by atoms with van der Waals surface area (Å²) in [6.07, 6.45) is 2.12. The lowest BCUT2D eigenvalue weighted by atomic mass is 10.00. The first-order chi connectivity index (χ1) is 15.3. The highest BCUT2D eigenvalue weighted by molar-refractivity contribution is 5.92. The number of nitrogens with one attached hydrogen (secondary N) is 1. The highest BCUT2D eigenvalue weighted by Crippen LogP contribution is 2.32. The molecule has 2 aliphatic rings. The number of ether oxygens (including phenoxy) is 1. The number of anilines is 2. The van der Waals surface area contributed by atoms with E-state index in [9.17, 15) is 4.79 Å². The fourth-order valence-electron chi connectivity index (χ4n) is 4.58. The quantitative estimate of drug-likeness (QED) is 0.693. The molecule has 1 saturated heterocycles. The maximum absolute atomic E-state index is 12.9. The van der Waals surface area contributed by atoms with Gasteiger partial charge in [-0.2, -0.15) is 0 Å². The molecule has 1 fully saturated rings. The van der Waals surface area contributed by atoms with Crippen molar-refractivity contribution in [3.05, 3.63) is 84.2 Å². The van der Waals surface area contributed by atoms with E-state index < -0.39 is 0 Å². The lowest BCUT2D eigenvalue weighted by Gasteiger charge is -2.36. The Balaban J connectivity index is 1.27. The van der Waals surface area contributed by atoms with Gasteiger partial charge in [0.05, 0.1) is 25.8 Å². The van der Waals surface area contributed by atoms with Crippen LogP contribution in [0.5, 0.6) is 0 Å². The number of hydrogen-bond donors (Lipinski definition) is 1. The molecular weight excluding hydrogens is 388 g/mol. The monoisotopic (exact) mass is 416 g/mol. The summed E-state index contributed by atoms with van der Waals surface area (Å²) in [5, 5.41) is 3.08. The molecule has 0 saturated carbocycles. The van der Waals surface area contributed by atoms with Crippen LogP contribution >= 0.6 is 0 Å². The summed E-state index contributed by atoms with van der Waals surface area (Å²) in [6, 6.07) is 22.9. The third-order valence-electron chi connectivity index (χ3n) is 6.13. The number of carbonyl (C=O) groups is 1. The van der Waals surface area contributed by atoms with Gasteiger partial charge in [0.1, 0.15) is 0 Å². The van der Waals surface area contributed by atoms with Crippen LogP contribution in [-0.2, 0) is 16.1 Å². The highest BCUT2D eigenvalue weighted by Gasteiger charge is 2.29. The van der Waals surface area contributed by atoms with Crippen LogP contribution in [0.4, 0.5) is 11.4 Å². The van der Waals surface area contributed by atoms with Crippen molar-refractivity contribution in [3.8, 4) is 0 Å². The maximum Gasteiger partial charge on any atom is 0.238 e. The van der Waals surface area contributed by atoms with E-state index in [0.29, 0.717) is 6.54 Å². The van der Waals surface area contributed by atoms with Gasteiger partial charge in [0.25, 0.3) is 0 Å². The Labute approximate surface area is 183 Å². The number of aromatic nitrogens is 1. The van der Waals surface area contributed by atoms with Crippen LogP contribution in [0, 0.1) is 0 Å². The summed E-state index contributed by atoms with van der Waals surface area (Å²) >= 11 is 0. The minimum atomic E-state index is 0.0139.